The van der Waals surface area contributed by atoms with E-state index in [1.54, 1.807) is 50.4 Å². The Kier molecular flexibility index (Phi) is 5.45. The van der Waals surface area contributed by atoms with Crippen molar-refractivity contribution in [3.8, 4) is 5.75 Å². The summed E-state index contributed by atoms with van der Waals surface area (Å²) in [5, 5.41) is 13.2. The van der Waals surface area contributed by atoms with Crippen LogP contribution >= 0.6 is 0 Å². The van der Waals surface area contributed by atoms with Gasteiger partial charge in [-0.25, -0.2) is 4.79 Å². The lowest BCUT2D eigenvalue weighted by Gasteiger charge is -2.18. The zero-order valence-electron chi connectivity index (χ0n) is 15.2. The largest absolute Gasteiger partial charge is 0.507 e. The fourth-order valence-corrected chi connectivity index (χ4v) is 3.10. The third-order valence-corrected chi connectivity index (χ3v) is 4.45. The number of fused-ring (bicyclic) bond motifs is 1. The molecular formula is C21H21NO5. The minimum absolute atomic E-state index is 0.0326. The van der Waals surface area contributed by atoms with Crippen LogP contribution in [-0.2, 0) is 15.9 Å². The summed E-state index contributed by atoms with van der Waals surface area (Å²) in [7, 11) is 1.61. The number of methoxy groups -OCH3 is 1. The summed E-state index contributed by atoms with van der Waals surface area (Å²) in [4.78, 5) is 24.8. The normalized spacial score (nSPS) is 12.6. The SMILES string of the molecule is CCOC(=O)Nc1ccccc1C(=O)c1ccc2c(c1O)CCC(OC)=C2. The number of phenols is 1. The number of ether oxygens (including phenoxy) is 2. The van der Waals surface area contributed by atoms with Gasteiger partial charge in [0.05, 0.1) is 30.7 Å². The number of hydrogen-bond acceptors (Lipinski definition) is 5. The van der Waals surface area contributed by atoms with Crippen molar-refractivity contribution in [1.29, 1.82) is 0 Å². The molecule has 1 aliphatic rings. The van der Waals surface area contributed by atoms with Gasteiger partial charge in [-0.1, -0.05) is 18.2 Å². The summed E-state index contributed by atoms with van der Waals surface area (Å²) >= 11 is 0. The number of anilines is 1. The van der Waals surface area contributed by atoms with E-state index in [9.17, 15) is 14.7 Å². The van der Waals surface area contributed by atoms with Gasteiger partial charge < -0.3 is 14.6 Å². The van der Waals surface area contributed by atoms with Gasteiger partial charge in [0, 0.05) is 17.5 Å². The van der Waals surface area contributed by atoms with Gasteiger partial charge in [0.15, 0.2) is 5.78 Å². The molecule has 0 atom stereocenters. The molecule has 0 aromatic heterocycles. The molecule has 6 heteroatoms. The third kappa shape index (κ3) is 3.79. The second kappa shape index (κ2) is 7.95. The van der Waals surface area contributed by atoms with Crippen LogP contribution in [0.25, 0.3) is 6.08 Å². The summed E-state index contributed by atoms with van der Waals surface area (Å²) in [6, 6.07) is 10.0. The maximum atomic E-state index is 13.0. The topological polar surface area (TPSA) is 84.9 Å². The smallest absolute Gasteiger partial charge is 0.411 e. The van der Waals surface area contributed by atoms with Crippen molar-refractivity contribution < 1.29 is 24.2 Å². The van der Waals surface area contributed by atoms with Crippen molar-refractivity contribution in [3.05, 3.63) is 64.4 Å². The number of aromatic hydroxyl groups is 1. The van der Waals surface area contributed by atoms with Crippen LogP contribution in [0.5, 0.6) is 5.75 Å². The highest BCUT2D eigenvalue weighted by molar-refractivity contribution is 6.15. The van der Waals surface area contributed by atoms with E-state index < -0.39 is 6.09 Å². The molecule has 0 aliphatic heterocycles. The van der Waals surface area contributed by atoms with Crippen LogP contribution in [0.1, 0.15) is 40.4 Å². The molecule has 140 valence electrons. The highest BCUT2D eigenvalue weighted by atomic mass is 16.5. The van der Waals surface area contributed by atoms with E-state index >= 15 is 0 Å². The number of amides is 1. The molecule has 0 bridgehead atoms. The number of ketones is 1. The maximum absolute atomic E-state index is 13.0. The van der Waals surface area contributed by atoms with E-state index in [0.29, 0.717) is 18.5 Å². The summed E-state index contributed by atoms with van der Waals surface area (Å²) in [5.41, 5.74) is 2.37. The van der Waals surface area contributed by atoms with Gasteiger partial charge >= 0.3 is 6.09 Å². The van der Waals surface area contributed by atoms with Gasteiger partial charge in [-0.15, -0.1) is 0 Å². The monoisotopic (exact) mass is 367 g/mol. The average Bonchev–Trinajstić information content (AvgIpc) is 2.68. The molecule has 2 N–H and O–H groups in total. The minimum atomic E-state index is -0.635. The van der Waals surface area contributed by atoms with Crippen molar-refractivity contribution in [2.75, 3.05) is 19.0 Å². The third-order valence-electron chi connectivity index (χ3n) is 4.45. The van der Waals surface area contributed by atoms with Crippen LogP contribution in [0.15, 0.2) is 42.2 Å². The standard InChI is InChI=1S/C21H21NO5/c1-3-27-21(25)22-18-7-5-4-6-16(18)20(24)17-10-8-13-12-14(26-2)9-11-15(13)19(17)23/h4-8,10,12,23H,3,9,11H2,1-2H3,(H,22,25). The number of hydrogen-bond donors (Lipinski definition) is 2. The molecule has 0 saturated heterocycles. The summed E-state index contributed by atoms with van der Waals surface area (Å²) in [5.74, 6) is 0.434. The van der Waals surface area contributed by atoms with Crippen molar-refractivity contribution in [2.24, 2.45) is 0 Å². The molecule has 2 aromatic rings. The number of allylic oxidation sites excluding steroid dienone is 1. The molecule has 27 heavy (non-hydrogen) atoms. The van der Waals surface area contributed by atoms with E-state index in [-0.39, 0.29) is 29.3 Å². The van der Waals surface area contributed by atoms with E-state index in [0.717, 1.165) is 16.9 Å². The molecule has 0 spiro atoms. The molecule has 0 fully saturated rings. The Bertz CT molecular complexity index is 917. The molecule has 0 radical (unpaired) electrons. The van der Waals surface area contributed by atoms with Gasteiger partial charge in [0.25, 0.3) is 0 Å². The first-order chi connectivity index (χ1) is 13.0. The first-order valence-corrected chi connectivity index (χ1v) is 8.72. The van der Waals surface area contributed by atoms with Crippen molar-refractivity contribution in [2.45, 2.75) is 19.8 Å². The predicted molar refractivity (Wildman–Crippen MR) is 102 cm³/mol. The van der Waals surface area contributed by atoms with E-state index in [2.05, 4.69) is 5.32 Å². The number of carbonyl (C=O) groups excluding carboxylic acids is 2. The number of para-hydroxylation sites is 1. The number of carbonyl (C=O) groups is 2. The van der Waals surface area contributed by atoms with Gasteiger partial charge in [-0.05, 0) is 43.2 Å². The fourth-order valence-electron chi connectivity index (χ4n) is 3.10. The number of benzene rings is 2. The second-order valence-corrected chi connectivity index (χ2v) is 6.06. The maximum Gasteiger partial charge on any atom is 0.411 e. The average molecular weight is 367 g/mol. The Morgan fingerprint density at radius 2 is 1.89 bits per heavy atom. The molecule has 6 nitrogen and oxygen atoms in total. The molecule has 0 heterocycles. The van der Waals surface area contributed by atoms with E-state index in [4.69, 9.17) is 9.47 Å². The van der Waals surface area contributed by atoms with Crippen LogP contribution in [0.4, 0.5) is 10.5 Å². The van der Waals surface area contributed by atoms with E-state index in [1.165, 1.54) is 0 Å². The first kappa shape index (κ1) is 18.5. The summed E-state index contributed by atoms with van der Waals surface area (Å²) in [6.45, 7) is 1.93. The molecule has 0 unspecified atom stereocenters. The fraction of sp³-hybridized carbons (Fsp3) is 0.238. The van der Waals surface area contributed by atoms with Crippen LogP contribution in [0, 0.1) is 0 Å². The Morgan fingerprint density at radius 3 is 2.63 bits per heavy atom. The van der Waals surface area contributed by atoms with Crippen LogP contribution in [-0.4, -0.2) is 30.7 Å². The highest BCUT2D eigenvalue weighted by Crippen LogP contribution is 2.35. The lowest BCUT2D eigenvalue weighted by molar-refractivity contribution is 0.103. The molecule has 3 rings (SSSR count). The second-order valence-electron chi connectivity index (χ2n) is 6.06. The van der Waals surface area contributed by atoms with Crippen molar-refractivity contribution in [3.63, 3.8) is 0 Å². The van der Waals surface area contributed by atoms with Crippen LogP contribution < -0.4 is 5.32 Å². The Balaban J connectivity index is 1.96. The Morgan fingerprint density at radius 1 is 1.11 bits per heavy atom. The Labute approximate surface area is 157 Å². The van der Waals surface area contributed by atoms with Crippen molar-refractivity contribution >= 4 is 23.6 Å². The lowest BCUT2D eigenvalue weighted by Crippen LogP contribution is -2.16. The van der Waals surface area contributed by atoms with Gasteiger partial charge in [0.1, 0.15) is 5.75 Å². The summed E-state index contributed by atoms with van der Waals surface area (Å²) < 4.78 is 10.1. The molecule has 1 aliphatic carbocycles. The van der Waals surface area contributed by atoms with Gasteiger partial charge in [-0.2, -0.15) is 0 Å². The minimum Gasteiger partial charge on any atom is -0.507 e. The van der Waals surface area contributed by atoms with Gasteiger partial charge in [0.2, 0.25) is 0 Å². The zero-order chi connectivity index (χ0) is 19.4. The highest BCUT2D eigenvalue weighted by Gasteiger charge is 2.23. The molecule has 0 saturated carbocycles. The summed E-state index contributed by atoms with van der Waals surface area (Å²) in [6.07, 6.45) is 2.48. The lowest BCUT2D eigenvalue weighted by atomic mass is 9.90. The van der Waals surface area contributed by atoms with E-state index in [1.807, 2.05) is 6.08 Å². The van der Waals surface area contributed by atoms with Crippen LogP contribution in [0.3, 0.4) is 0 Å². The quantitative estimate of drug-likeness (QED) is 0.777. The molecular weight excluding hydrogens is 346 g/mol. The molecule has 2 aromatic carbocycles. The number of phenolic OH excluding ortho intramolecular Hbond substituents is 1. The predicted octanol–water partition coefficient (Wildman–Crippen LogP) is 4.13. The zero-order valence-corrected chi connectivity index (χ0v) is 15.2. The van der Waals surface area contributed by atoms with Crippen molar-refractivity contribution in [1.82, 2.24) is 0 Å². The Hall–Kier alpha value is -3.28. The first-order valence-electron chi connectivity index (χ1n) is 8.72. The van der Waals surface area contributed by atoms with Gasteiger partial charge in [-0.3, -0.25) is 10.1 Å². The molecule has 1 amide bonds. The number of nitrogens with one attached hydrogen (secondary N) is 1. The van der Waals surface area contributed by atoms with Crippen LogP contribution in [0.2, 0.25) is 0 Å². The number of rotatable bonds is 5.